The molecule has 0 heterocycles. The van der Waals surface area contributed by atoms with Crippen molar-refractivity contribution in [1.82, 2.24) is 0 Å². The van der Waals surface area contributed by atoms with E-state index in [-0.39, 0.29) is 0 Å². The normalized spacial score (nSPS) is 10.1. The molecule has 90 valence electrons. The predicted molar refractivity (Wildman–Crippen MR) is 67.8 cm³/mol. The second kappa shape index (κ2) is 5.64. The topological polar surface area (TPSA) is 21.7 Å². The summed E-state index contributed by atoms with van der Waals surface area (Å²) in [6.07, 6.45) is 0. The summed E-state index contributed by atoms with van der Waals surface area (Å²) in [5.74, 6) is 1.75. The van der Waals surface area contributed by atoms with Crippen LogP contribution in [0.2, 0.25) is 0 Å². The standard InChI is InChI=1S/C13H21NO2/c1-6-14(7-2)11-8-12(15-4)10(3)13(9-11)16-5/h8-9H,6-7H2,1-5H3. The molecular weight excluding hydrogens is 202 g/mol. The minimum atomic E-state index is 0.876. The maximum Gasteiger partial charge on any atom is 0.127 e. The third kappa shape index (κ3) is 2.40. The van der Waals surface area contributed by atoms with Gasteiger partial charge in [-0.2, -0.15) is 0 Å². The van der Waals surface area contributed by atoms with Gasteiger partial charge in [0.25, 0.3) is 0 Å². The second-order valence-corrected chi connectivity index (χ2v) is 3.65. The number of methoxy groups -OCH3 is 2. The summed E-state index contributed by atoms with van der Waals surface area (Å²) in [7, 11) is 3.38. The number of benzene rings is 1. The van der Waals surface area contributed by atoms with E-state index in [0.29, 0.717) is 0 Å². The Bertz CT molecular complexity index is 321. The van der Waals surface area contributed by atoms with E-state index in [9.17, 15) is 0 Å². The van der Waals surface area contributed by atoms with Gasteiger partial charge in [-0.05, 0) is 20.8 Å². The molecule has 0 aliphatic heterocycles. The highest BCUT2D eigenvalue weighted by Crippen LogP contribution is 2.33. The summed E-state index contributed by atoms with van der Waals surface area (Å²) in [4.78, 5) is 2.27. The Morgan fingerprint density at radius 3 is 1.75 bits per heavy atom. The molecular formula is C13H21NO2. The summed E-state index contributed by atoms with van der Waals surface area (Å²) >= 11 is 0. The summed E-state index contributed by atoms with van der Waals surface area (Å²) in [6, 6.07) is 4.12. The molecule has 0 aromatic heterocycles. The van der Waals surface area contributed by atoms with E-state index < -0.39 is 0 Å². The molecule has 0 amide bonds. The number of hydrogen-bond donors (Lipinski definition) is 0. The molecule has 0 spiro atoms. The van der Waals surface area contributed by atoms with E-state index in [1.165, 1.54) is 0 Å². The van der Waals surface area contributed by atoms with E-state index >= 15 is 0 Å². The van der Waals surface area contributed by atoms with Crippen LogP contribution in [0.15, 0.2) is 12.1 Å². The monoisotopic (exact) mass is 223 g/mol. The molecule has 16 heavy (non-hydrogen) atoms. The Kier molecular flexibility index (Phi) is 4.47. The van der Waals surface area contributed by atoms with Crippen LogP contribution in [0.5, 0.6) is 11.5 Å². The second-order valence-electron chi connectivity index (χ2n) is 3.65. The molecule has 0 aliphatic rings. The van der Waals surface area contributed by atoms with Gasteiger partial charge in [-0.1, -0.05) is 0 Å². The highest BCUT2D eigenvalue weighted by molar-refractivity contribution is 5.59. The van der Waals surface area contributed by atoms with Crippen molar-refractivity contribution in [3.8, 4) is 11.5 Å². The number of hydrogen-bond acceptors (Lipinski definition) is 3. The van der Waals surface area contributed by atoms with Crippen LogP contribution in [-0.2, 0) is 0 Å². The van der Waals surface area contributed by atoms with Crippen LogP contribution < -0.4 is 14.4 Å². The van der Waals surface area contributed by atoms with Crippen LogP contribution in [0, 0.1) is 6.92 Å². The van der Waals surface area contributed by atoms with Crippen molar-refractivity contribution >= 4 is 5.69 Å². The van der Waals surface area contributed by atoms with E-state index in [0.717, 1.165) is 35.8 Å². The lowest BCUT2D eigenvalue weighted by Gasteiger charge is -2.23. The van der Waals surface area contributed by atoms with Crippen molar-refractivity contribution in [2.75, 3.05) is 32.2 Å². The Labute approximate surface area is 98.0 Å². The number of nitrogens with zero attached hydrogens (tertiary/aromatic N) is 1. The average molecular weight is 223 g/mol. The lowest BCUT2D eigenvalue weighted by Crippen LogP contribution is -2.21. The molecule has 0 radical (unpaired) electrons. The Morgan fingerprint density at radius 1 is 1.00 bits per heavy atom. The minimum absolute atomic E-state index is 0.876. The maximum absolute atomic E-state index is 5.36. The first-order valence-electron chi connectivity index (χ1n) is 5.65. The lowest BCUT2D eigenvalue weighted by molar-refractivity contribution is 0.389. The van der Waals surface area contributed by atoms with Crippen molar-refractivity contribution in [1.29, 1.82) is 0 Å². The van der Waals surface area contributed by atoms with Gasteiger partial charge in [-0.25, -0.2) is 0 Å². The number of rotatable bonds is 5. The number of anilines is 1. The third-order valence-corrected chi connectivity index (χ3v) is 2.87. The SMILES string of the molecule is CCN(CC)c1cc(OC)c(C)c(OC)c1. The zero-order valence-corrected chi connectivity index (χ0v) is 10.8. The van der Waals surface area contributed by atoms with Crippen LogP contribution >= 0.6 is 0 Å². The van der Waals surface area contributed by atoms with Crippen molar-refractivity contribution in [2.24, 2.45) is 0 Å². The van der Waals surface area contributed by atoms with Gasteiger partial charge in [0.1, 0.15) is 11.5 Å². The predicted octanol–water partition coefficient (Wildman–Crippen LogP) is 2.86. The lowest BCUT2D eigenvalue weighted by atomic mass is 10.1. The fourth-order valence-corrected chi connectivity index (χ4v) is 1.84. The van der Waals surface area contributed by atoms with Gasteiger partial charge in [0.15, 0.2) is 0 Å². The molecule has 3 nitrogen and oxygen atoms in total. The molecule has 1 rings (SSSR count). The molecule has 0 N–H and O–H groups in total. The first-order valence-corrected chi connectivity index (χ1v) is 5.65. The van der Waals surface area contributed by atoms with Crippen molar-refractivity contribution in [3.63, 3.8) is 0 Å². The summed E-state index contributed by atoms with van der Waals surface area (Å²) in [6.45, 7) is 8.24. The Balaban J connectivity index is 3.20. The highest BCUT2D eigenvalue weighted by atomic mass is 16.5. The molecule has 1 aromatic rings. The van der Waals surface area contributed by atoms with Crippen LogP contribution in [0.25, 0.3) is 0 Å². The molecule has 0 saturated carbocycles. The van der Waals surface area contributed by atoms with Gasteiger partial charge in [-0.15, -0.1) is 0 Å². The molecule has 0 bridgehead atoms. The quantitative estimate of drug-likeness (QED) is 0.766. The van der Waals surface area contributed by atoms with Crippen molar-refractivity contribution in [3.05, 3.63) is 17.7 Å². The molecule has 0 aliphatic carbocycles. The van der Waals surface area contributed by atoms with Crippen molar-refractivity contribution in [2.45, 2.75) is 20.8 Å². The maximum atomic E-state index is 5.36. The third-order valence-electron chi connectivity index (χ3n) is 2.87. The zero-order chi connectivity index (χ0) is 12.1. The van der Waals surface area contributed by atoms with E-state index in [2.05, 4.69) is 30.9 Å². The van der Waals surface area contributed by atoms with Crippen molar-refractivity contribution < 1.29 is 9.47 Å². The summed E-state index contributed by atoms with van der Waals surface area (Å²) in [5, 5.41) is 0. The van der Waals surface area contributed by atoms with E-state index in [1.807, 2.05) is 6.92 Å². The Hall–Kier alpha value is -1.38. The molecule has 3 heteroatoms. The first kappa shape index (κ1) is 12.7. The van der Waals surface area contributed by atoms with E-state index in [4.69, 9.17) is 9.47 Å². The number of ether oxygens (including phenoxy) is 2. The summed E-state index contributed by atoms with van der Waals surface area (Å²) < 4.78 is 10.7. The van der Waals surface area contributed by atoms with Crippen LogP contribution in [0.1, 0.15) is 19.4 Å². The van der Waals surface area contributed by atoms with Gasteiger partial charge in [0.2, 0.25) is 0 Å². The average Bonchev–Trinajstić information content (AvgIpc) is 2.32. The molecule has 0 unspecified atom stereocenters. The molecule has 0 atom stereocenters. The first-order chi connectivity index (χ1) is 7.67. The fourth-order valence-electron chi connectivity index (χ4n) is 1.84. The smallest absolute Gasteiger partial charge is 0.127 e. The van der Waals surface area contributed by atoms with Gasteiger partial charge in [0, 0.05) is 36.5 Å². The fraction of sp³-hybridized carbons (Fsp3) is 0.538. The van der Waals surface area contributed by atoms with Crippen LogP contribution in [0.3, 0.4) is 0 Å². The molecule has 0 fully saturated rings. The largest absolute Gasteiger partial charge is 0.496 e. The molecule has 1 aromatic carbocycles. The van der Waals surface area contributed by atoms with Gasteiger partial charge in [-0.3, -0.25) is 0 Å². The van der Waals surface area contributed by atoms with E-state index in [1.54, 1.807) is 14.2 Å². The molecule has 0 saturated heterocycles. The summed E-state index contributed by atoms with van der Waals surface area (Å²) in [5.41, 5.74) is 2.19. The van der Waals surface area contributed by atoms with Gasteiger partial charge in [0.05, 0.1) is 14.2 Å². The Morgan fingerprint density at radius 2 is 1.44 bits per heavy atom. The van der Waals surface area contributed by atoms with Crippen LogP contribution in [-0.4, -0.2) is 27.3 Å². The minimum Gasteiger partial charge on any atom is -0.496 e. The van der Waals surface area contributed by atoms with Crippen LogP contribution in [0.4, 0.5) is 5.69 Å². The zero-order valence-electron chi connectivity index (χ0n) is 10.8. The highest BCUT2D eigenvalue weighted by Gasteiger charge is 2.11. The van der Waals surface area contributed by atoms with Gasteiger partial charge >= 0.3 is 0 Å². The van der Waals surface area contributed by atoms with Gasteiger partial charge < -0.3 is 14.4 Å².